The Balaban J connectivity index is 0.000000423. The minimum absolute atomic E-state index is 0.734. The van der Waals surface area contributed by atoms with E-state index in [0.717, 1.165) is 24.5 Å². The highest BCUT2D eigenvalue weighted by Crippen LogP contribution is 2.14. The Morgan fingerprint density at radius 2 is 1.80 bits per heavy atom. The van der Waals surface area contributed by atoms with Crippen LogP contribution in [-0.2, 0) is 4.79 Å². The Kier molecular flexibility index (Phi) is 5.78. The number of carboxylic acids is 1. The molecule has 0 heterocycles. The molecule has 0 aromatic heterocycles. The van der Waals surface area contributed by atoms with E-state index in [9.17, 15) is 4.79 Å². The first kappa shape index (κ1) is 13.2. The average Bonchev–Trinajstić information content (AvgIpc) is 2.16. The number of anilines is 1. The molecule has 0 unspecified atom stereocenters. The van der Waals surface area contributed by atoms with Gasteiger partial charge in [-0.15, -0.1) is 0 Å². The van der Waals surface area contributed by atoms with Crippen LogP contribution in [0.4, 0.5) is 5.69 Å². The van der Waals surface area contributed by atoms with Gasteiger partial charge in [0.2, 0.25) is 0 Å². The van der Waals surface area contributed by atoms with E-state index >= 15 is 0 Å². The van der Waals surface area contributed by atoms with Crippen LogP contribution < -0.4 is 4.90 Å². The lowest BCUT2D eigenvalue weighted by Crippen LogP contribution is -2.10. The van der Waals surface area contributed by atoms with E-state index in [1.807, 2.05) is 43.3 Å². The highest BCUT2D eigenvalue weighted by Gasteiger charge is 1.99. The Bertz CT molecular complexity index is 330. The zero-order chi connectivity index (χ0) is 11.8. The Hall–Kier alpha value is -1.84. The first-order chi connectivity index (χ1) is 6.99. The molecule has 0 saturated carbocycles. The smallest absolute Gasteiger partial charge is 0.300 e. The topological polar surface area (TPSA) is 57.6 Å². The molecule has 15 heavy (non-hydrogen) atoms. The van der Waals surface area contributed by atoms with Crippen molar-refractivity contribution in [2.45, 2.75) is 6.92 Å². The van der Waals surface area contributed by atoms with Crippen molar-refractivity contribution in [3.05, 3.63) is 29.8 Å². The molecule has 0 fully saturated rings. The number of carbonyl (C=O) groups is 2. The van der Waals surface area contributed by atoms with Crippen LogP contribution in [0.2, 0.25) is 0 Å². The fourth-order valence-corrected chi connectivity index (χ4v) is 0.994. The number of hydrogen-bond donors (Lipinski definition) is 1. The predicted octanol–water partition coefficient (Wildman–Crippen LogP) is 1.66. The summed E-state index contributed by atoms with van der Waals surface area (Å²) in [5.74, 6) is -0.833. The van der Waals surface area contributed by atoms with Gasteiger partial charge in [-0.2, -0.15) is 0 Å². The molecular formula is C11H15NO3. The average molecular weight is 209 g/mol. The van der Waals surface area contributed by atoms with Gasteiger partial charge in [-0.05, 0) is 12.1 Å². The summed E-state index contributed by atoms with van der Waals surface area (Å²) in [4.78, 5) is 21.4. The Morgan fingerprint density at radius 1 is 1.33 bits per heavy atom. The third-order valence-electron chi connectivity index (χ3n) is 1.55. The van der Waals surface area contributed by atoms with Crippen LogP contribution in [0.15, 0.2) is 24.3 Å². The molecule has 1 rings (SSSR count). The molecule has 1 aromatic rings. The van der Waals surface area contributed by atoms with Crippen molar-refractivity contribution in [1.82, 2.24) is 0 Å². The molecular weight excluding hydrogens is 194 g/mol. The molecule has 0 saturated heterocycles. The second kappa shape index (κ2) is 6.59. The van der Waals surface area contributed by atoms with E-state index in [0.29, 0.717) is 0 Å². The van der Waals surface area contributed by atoms with E-state index in [2.05, 4.69) is 0 Å². The molecule has 0 bridgehead atoms. The van der Waals surface area contributed by atoms with Crippen LogP contribution >= 0.6 is 0 Å². The van der Waals surface area contributed by atoms with Gasteiger partial charge in [-0.1, -0.05) is 12.1 Å². The lowest BCUT2D eigenvalue weighted by Gasteiger charge is -2.13. The number of aliphatic carboxylic acids is 1. The fraction of sp³-hybridized carbons (Fsp3) is 0.273. The van der Waals surface area contributed by atoms with Gasteiger partial charge in [0.15, 0.2) is 6.29 Å². The molecule has 82 valence electrons. The molecule has 4 heteroatoms. The van der Waals surface area contributed by atoms with Crippen LogP contribution in [0, 0.1) is 0 Å². The van der Waals surface area contributed by atoms with Gasteiger partial charge in [0, 0.05) is 32.3 Å². The Labute approximate surface area is 89.1 Å². The summed E-state index contributed by atoms with van der Waals surface area (Å²) in [5.41, 5.74) is 1.69. The lowest BCUT2D eigenvalue weighted by atomic mass is 10.2. The van der Waals surface area contributed by atoms with Gasteiger partial charge in [0.1, 0.15) is 0 Å². The molecule has 0 atom stereocenters. The van der Waals surface area contributed by atoms with Crippen molar-refractivity contribution in [2.75, 3.05) is 19.0 Å². The molecule has 1 N–H and O–H groups in total. The van der Waals surface area contributed by atoms with Crippen LogP contribution in [0.5, 0.6) is 0 Å². The summed E-state index contributed by atoms with van der Waals surface area (Å²) in [7, 11) is 3.84. The third-order valence-corrected chi connectivity index (χ3v) is 1.55. The highest BCUT2D eigenvalue weighted by molar-refractivity contribution is 5.84. The number of hydrogen-bond acceptors (Lipinski definition) is 3. The van der Waals surface area contributed by atoms with Crippen LogP contribution in [0.25, 0.3) is 0 Å². The summed E-state index contributed by atoms with van der Waals surface area (Å²) in [6.07, 6.45) is 0.870. The standard InChI is InChI=1S/C9H11NO.C2H4O2/c1-10(2)9-6-4-3-5-8(9)7-11;1-2(3)4/h3-7H,1-2H3;1H3,(H,3,4). The molecule has 0 aliphatic carbocycles. The number of carboxylic acid groups (broad SMARTS) is 1. The van der Waals surface area contributed by atoms with Crippen molar-refractivity contribution in [2.24, 2.45) is 0 Å². The summed E-state index contributed by atoms with van der Waals surface area (Å²) < 4.78 is 0. The second-order valence-electron chi connectivity index (χ2n) is 3.09. The third kappa shape index (κ3) is 5.46. The number of carbonyl (C=O) groups excluding carboxylic acids is 1. The molecule has 0 amide bonds. The van der Waals surface area contributed by atoms with Crippen molar-refractivity contribution >= 4 is 17.9 Å². The van der Waals surface area contributed by atoms with Crippen molar-refractivity contribution < 1.29 is 14.7 Å². The van der Waals surface area contributed by atoms with E-state index in [4.69, 9.17) is 9.90 Å². The zero-order valence-electron chi connectivity index (χ0n) is 9.10. The van der Waals surface area contributed by atoms with Crippen molar-refractivity contribution in [3.63, 3.8) is 0 Å². The first-order valence-corrected chi connectivity index (χ1v) is 4.40. The van der Waals surface area contributed by atoms with Crippen LogP contribution in [0.3, 0.4) is 0 Å². The van der Waals surface area contributed by atoms with Gasteiger partial charge in [-0.3, -0.25) is 9.59 Å². The van der Waals surface area contributed by atoms with E-state index < -0.39 is 5.97 Å². The van der Waals surface area contributed by atoms with Gasteiger partial charge >= 0.3 is 0 Å². The number of aldehydes is 1. The van der Waals surface area contributed by atoms with Crippen molar-refractivity contribution in [1.29, 1.82) is 0 Å². The highest BCUT2D eigenvalue weighted by atomic mass is 16.4. The molecule has 0 radical (unpaired) electrons. The minimum Gasteiger partial charge on any atom is -0.481 e. The first-order valence-electron chi connectivity index (χ1n) is 4.40. The zero-order valence-corrected chi connectivity index (χ0v) is 9.10. The number of rotatable bonds is 2. The van der Waals surface area contributed by atoms with E-state index in [1.54, 1.807) is 0 Å². The van der Waals surface area contributed by atoms with Gasteiger partial charge < -0.3 is 10.0 Å². The maximum atomic E-state index is 10.5. The quantitative estimate of drug-likeness (QED) is 0.752. The molecule has 0 spiro atoms. The van der Waals surface area contributed by atoms with Gasteiger partial charge in [0.05, 0.1) is 0 Å². The lowest BCUT2D eigenvalue weighted by molar-refractivity contribution is -0.134. The summed E-state index contributed by atoms with van der Waals surface area (Å²) in [6.45, 7) is 1.08. The molecule has 4 nitrogen and oxygen atoms in total. The van der Waals surface area contributed by atoms with E-state index in [-0.39, 0.29) is 0 Å². The second-order valence-corrected chi connectivity index (χ2v) is 3.09. The van der Waals surface area contributed by atoms with Crippen molar-refractivity contribution in [3.8, 4) is 0 Å². The number of benzene rings is 1. The normalized spacial score (nSPS) is 8.47. The predicted molar refractivity (Wildman–Crippen MR) is 59.5 cm³/mol. The maximum absolute atomic E-state index is 10.5. The van der Waals surface area contributed by atoms with Crippen LogP contribution in [0.1, 0.15) is 17.3 Å². The summed E-state index contributed by atoms with van der Waals surface area (Å²) in [5, 5.41) is 7.42. The fourth-order valence-electron chi connectivity index (χ4n) is 0.994. The number of para-hydroxylation sites is 1. The molecule has 0 aliphatic rings. The SMILES string of the molecule is CC(=O)O.CN(C)c1ccccc1C=O. The summed E-state index contributed by atoms with van der Waals surface area (Å²) >= 11 is 0. The monoisotopic (exact) mass is 209 g/mol. The molecule has 0 aliphatic heterocycles. The number of nitrogens with zero attached hydrogens (tertiary/aromatic N) is 1. The Morgan fingerprint density at radius 3 is 2.13 bits per heavy atom. The molecule has 1 aromatic carbocycles. The van der Waals surface area contributed by atoms with Gasteiger partial charge in [0.25, 0.3) is 5.97 Å². The van der Waals surface area contributed by atoms with Crippen LogP contribution in [-0.4, -0.2) is 31.5 Å². The van der Waals surface area contributed by atoms with Gasteiger partial charge in [-0.25, -0.2) is 0 Å². The largest absolute Gasteiger partial charge is 0.481 e. The summed E-state index contributed by atoms with van der Waals surface area (Å²) in [6, 6.07) is 7.51. The van der Waals surface area contributed by atoms with E-state index in [1.165, 1.54) is 0 Å². The maximum Gasteiger partial charge on any atom is 0.300 e. The minimum atomic E-state index is -0.833.